The van der Waals surface area contributed by atoms with Crippen molar-refractivity contribution in [2.45, 2.75) is 24.4 Å². The van der Waals surface area contributed by atoms with Gasteiger partial charge < -0.3 is 0 Å². The molecule has 6 heteroatoms. The average molecular weight is 417 g/mol. The van der Waals surface area contributed by atoms with Crippen molar-refractivity contribution in [2.24, 2.45) is 5.92 Å². The molecule has 0 N–H and O–H groups in total. The molecule has 2 nitrogen and oxygen atoms in total. The Morgan fingerprint density at radius 2 is 1.54 bits per heavy atom. The highest BCUT2D eigenvalue weighted by Gasteiger charge is 2.65. The largest absolute Gasteiger partial charge is 0.257 e. The Labute approximate surface area is 166 Å². The van der Waals surface area contributed by atoms with Crippen LogP contribution in [0.3, 0.4) is 0 Å². The van der Waals surface area contributed by atoms with Crippen molar-refractivity contribution in [3.05, 3.63) is 83.1 Å². The normalized spacial score (nSPS) is 36.9. The van der Waals surface area contributed by atoms with Crippen LogP contribution < -0.4 is 0 Å². The van der Waals surface area contributed by atoms with Crippen molar-refractivity contribution < 1.29 is 8.42 Å². The molecule has 0 amide bonds. The Kier molecular flexibility index (Phi) is 4.27. The zero-order valence-corrected chi connectivity index (χ0v) is 17.0. The highest BCUT2D eigenvalue weighted by Crippen LogP contribution is 2.60. The second kappa shape index (κ2) is 6.51. The van der Waals surface area contributed by atoms with Crippen molar-refractivity contribution in [3.8, 4) is 0 Å². The molecule has 6 atom stereocenters. The van der Waals surface area contributed by atoms with Gasteiger partial charge in [-0.2, -0.15) is 0 Å². The molecule has 0 saturated carbocycles. The van der Waals surface area contributed by atoms with Crippen LogP contribution in [0, 0.1) is 5.92 Å². The van der Waals surface area contributed by atoms with E-state index in [0.29, 0.717) is 0 Å². The van der Waals surface area contributed by atoms with Crippen LogP contribution in [0.4, 0.5) is 0 Å². The molecule has 2 aromatic carbocycles. The van der Waals surface area contributed by atoms with E-state index in [1.54, 1.807) is 23.5 Å². The van der Waals surface area contributed by atoms with Gasteiger partial charge in [-0.1, -0.05) is 66.4 Å². The topological polar surface area (TPSA) is 34.1 Å². The summed E-state index contributed by atoms with van der Waals surface area (Å²) in [6.45, 7) is 0. The quantitative estimate of drug-likeness (QED) is 0.685. The van der Waals surface area contributed by atoms with E-state index in [1.165, 1.54) is 0 Å². The molecule has 2 aromatic rings. The lowest BCUT2D eigenvalue weighted by molar-refractivity contribution is 0.614. The zero-order chi connectivity index (χ0) is 17.7. The summed E-state index contributed by atoms with van der Waals surface area (Å²) in [6.07, 6.45) is 6.28. The molecule has 2 unspecified atom stereocenters. The van der Waals surface area contributed by atoms with Gasteiger partial charge in [0.25, 0.3) is 0 Å². The maximum absolute atomic E-state index is 13.2. The minimum Gasteiger partial charge on any atom is -0.257 e. The molecule has 0 aliphatic carbocycles. The molecular formula is C20H16O2S4. The summed E-state index contributed by atoms with van der Waals surface area (Å²) in [5.41, 5.74) is 0. The van der Waals surface area contributed by atoms with Crippen LogP contribution >= 0.6 is 23.5 Å². The van der Waals surface area contributed by atoms with E-state index in [4.69, 9.17) is 0 Å². The van der Waals surface area contributed by atoms with E-state index in [9.17, 15) is 8.42 Å². The van der Waals surface area contributed by atoms with Crippen LogP contribution in [0.1, 0.15) is 0 Å². The highest BCUT2D eigenvalue weighted by atomic mass is 32.2. The number of benzene rings is 2. The van der Waals surface area contributed by atoms with Gasteiger partial charge in [0, 0.05) is 15.7 Å². The summed E-state index contributed by atoms with van der Waals surface area (Å²) in [4.78, 5) is 2.20. The standard InChI is InChI=1S/C20H16O2S4/c21-25-18(23-14-7-3-1-4-8-14)13-16-19(25)17-11-12-20(16,26(17)22)24-15-9-5-2-6-10-15/h1-13,16-17,19H/t16-,17?,19+,20-,25-,26?/m0/s1. The number of fused-ring (bicyclic) bond motifs is 5. The fourth-order valence-electron chi connectivity index (χ4n) is 3.80. The van der Waals surface area contributed by atoms with Gasteiger partial charge in [0.05, 0.1) is 36.3 Å². The average Bonchev–Trinajstić information content (AvgIpc) is 3.23. The Balaban J connectivity index is 1.50. The van der Waals surface area contributed by atoms with Crippen molar-refractivity contribution in [1.29, 1.82) is 0 Å². The molecule has 0 spiro atoms. The van der Waals surface area contributed by atoms with Crippen LogP contribution in [-0.2, 0) is 21.6 Å². The first-order valence-electron chi connectivity index (χ1n) is 8.38. The van der Waals surface area contributed by atoms with Crippen LogP contribution in [0.2, 0.25) is 0 Å². The first-order valence-corrected chi connectivity index (χ1v) is 12.4. The smallest absolute Gasteiger partial charge is 0.122 e. The molecule has 1 saturated heterocycles. The number of allylic oxidation sites excluding steroid dienone is 1. The van der Waals surface area contributed by atoms with Gasteiger partial charge in [0.1, 0.15) is 4.08 Å². The molecule has 3 aliphatic heterocycles. The van der Waals surface area contributed by atoms with E-state index in [2.05, 4.69) is 24.3 Å². The fourth-order valence-corrected chi connectivity index (χ4v) is 11.6. The third kappa shape index (κ3) is 2.53. The summed E-state index contributed by atoms with van der Waals surface area (Å²) in [6, 6.07) is 20.2. The molecule has 0 aromatic heterocycles. The van der Waals surface area contributed by atoms with Crippen molar-refractivity contribution in [3.63, 3.8) is 0 Å². The first kappa shape index (κ1) is 17.0. The number of hydrogen-bond acceptors (Lipinski definition) is 4. The Morgan fingerprint density at radius 1 is 0.885 bits per heavy atom. The summed E-state index contributed by atoms with van der Waals surface area (Å²) < 4.78 is 26.8. The molecular weight excluding hydrogens is 400 g/mol. The number of rotatable bonds is 4. The Hall–Kier alpha value is -1.08. The Bertz CT molecular complexity index is 954. The third-order valence-corrected chi connectivity index (χ3v) is 12.3. The van der Waals surface area contributed by atoms with E-state index in [1.807, 2.05) is 54.6 Å². The molecule has 1 fully saturated rings. The van der Waals surface area contributed by atoms with Crippen molar-refractivity contribution in [2.75, 3.05) is 0 Å². The minimum atomic E-state index is -1.10. The molecule has 3 aliphatic rings. The predicted molar refractivity (Wildman–Crippen MR) is 112 cm³/mol. The van der Waals surface area contributed by atoms with E-state index in [-0.39, 0.29) is 16.4 Å². The van der Waals surface area contributed by atoms with Crippen LogP contribution in [-0.4, -0.2) is 23.0 Å². The lowest BCUT2D eigenvalue weighted by Gasteiger charge is -2.28. The van der Waals surface area contributed by atoms with Gasteiger partial charge in [-0.05, 0) is 24.3 Å². The lowest BCUT2D eigenvalue weighted by atomic mass is 9.94. The summed E-state index contributed by atoms with van der Waals surface area (Å²) in [5.74, 6) is 0.0515. The zero-order valence-electron chi connectivity index (χ0n) is 13.7. The second-order valence-corrected chi connectivity index (χ2v) is 12.8. The summed E-state index contributed by atoms with van der Waals surface area (Å²) in [5, 5.41) is -0.176. The molecule has 0 radical (unpaired) electrons. The molecule has 3 heterocycles. The summed E-state index contributed by atoms with van der Waals surface area (Å²) >= 11 is 3.24. The highest BCUT2D eigenvalue weighted by molar-refractivity contribution is 8.18. The van der Waals surface area contributed by atoms with E-state index >= 15 is 0 Å². The maximum Gasteiger partial charge on any atom is 0.122 e. The maximum atomic E-state index is 13.2. The molecule has 5 rings (SSSR count). The molecule has 26 heavy (non-hydrogen) atoms. The van der Waals surface area contributed by atoms with Crippen LogP contribution in [0.25, 0.3) is 0 Å². The Morgan fingerprint density at radius 3 is 2.23 bits per heavy atom. The van der Waals surface area contributed by atoms with E-state index < -0.39 is 25.7 Å². The number of hydrogen-bond donors (Lipinski definition) is 0. The molecule has 132 valence electrons. The van der Waals surface area contributed by atoms with Gasteiger partial charge in [-0.3, -0.25) is 8.42 Å². The van der Waals surface area contributed by atoms with E-state index in [0.717, 1.165) is 14.0 Å². The van der Waals surface area contributed by atoms with Gasteiger partial charge >= 0.3 is 0 Å². The third-order valence-electron chi connectivity index (χ3n) is 4.97. The SMILES string of the molecule is O=S1C2C=C[C@@]1(Sc1ccccc1)[C@H]1C=C(Sc3ccccc3)[S@](=O)[C@@H]21. The fraction of sp³-hybridized carbons (Fsp3) is 0.200. The minimum absolute atomic E-state index is 0.0515. The van der Waals surface area contributed by atoms with Gasteiger partial charge in [-0.25, -0.2) is 0 Å². The van der Waals surface area contributed by atoms with Gasteiger partial charge in [0.15, 0.2) is 0 Å². The van der Waals surface area contributed by atoms with Crippen LogP contribution in [0.15, 0.2) is 92.9 Å². The van der Waals surface area contributed by atoms with Crippen molar-refractivity contribution >= 4 is 45.1 Å². The lowest BCUT2D eigenvalue weighted by Crippen LogP contribution is -2.33. The van der Waals surface area contributed by atoms with Gasteiger partial charge in [0.2, 0.25) is 0 Å². The second-order valence-electron chi connectivity index (χ2n) is 6.45. The molecule has 2 bridgehead atoms. The van der Waals surface area contributed by atoms with Crippen LogP contribution in [0.5, 0.6) is 0 Å². The predicted octanol–water partition coefficient (Wildman–Crippen LogP) is 4.56. The van der Waals surface area contributed by atoms with Crippen molar-refractivity contribution in [1.82, 2.24) is 0 Å². The first-order chi connectivity index (χ1) is 12.7. The van der Waals surface area contributed by atoms with Gasteiger partial charge in [-0.15, -0.1) is 11.8 Å². The monoisotopic (exact) mass is 416 g/mol. The number of thioether (sulfide) groups is 2. The summed E-state index contributed by atoms with van der Waals surface area (Å²) in [7, 11) is -2.15.